The first-order chi connectivity index (χ1) is 9.70. The molecule has 1 N–H and O–H groups in total. The molecule has 1 aliphatic heterocycles. The molecule has 1 aliphatic rings. The van der Waals surface area contributed by atoms with E-state index in [0.717, 1.165) is 25.9 Å². The molecule has 2 heterocycles. The van der Waals surface area contributed by atoms with Crippen LogP contribution in [0.4, 0.5) is 5.95 Å². The Balaban J connectivity index is 1.79. The Hall–Kier alpha value is -1.37. The fourth-order valence-electron chi connectivity index (χ4n) is 2.16. The molecule has 0 aromatic carbocycles. The zero-order chi connectivity index (χ0) is 14.4. The smallest absolute Gasteiger partial charge is 0.232 e. The first kappa shape index (κ1) is 15.0. The van der Waals surface area contributed by atoms with E-state index in [-0.39, 0.29) is 5.91 Å². The number of likely N-dealkylation sites (tertiary alicyclic amines) is 1. The molecule has 0 bridgehead atoms. The third kappa shape index (κ3) is 4.06. The SMILES string of the molecule is COc1nc(NCCC(=O)N2CCCCC2)ncc1Br. The van der Waals surface area contributed by atoms with E-state index in [1.54, 1.807) is 13.3 Å². The number of carbonyl (C=O) groups is 1. The zero-order valence-electron chi connectivity index (χ0n) is 11.6. The summed E-state index contributed by atoms with van der Waals surface area (Å²) in [4.78, 5) is 22.2. The monoisotopic (exact) mass is 342 g/mol. The average molecular weight is 343 g/mol. The van der Waals surface area contributed by atoms with E-state index in [1.807, 2.05) is 4.90 Å². The number of rotatable bonds is 5. The van der Waals surface area contributed by atoms with Crippen molar-refractivity contribution in [3.63, 3.8) is 0 Å². The lowest BCUT2D eigenvalue weighted by atomic mass is 10.1. The van der Waals surface area contributed by atoms with Gasteiger partial charge >= 0.3 is 0 Å². The van der Waals surface area contributed by atoms with Gasteiger partial charge in [-0.25, -0.2) is 4.98 Å². The lowest BCUT2D eigenvalue weighted by molar-refractivity contribution is -0.131. The summed E-state index contributed by atoms with van der Waals surface area (Å²) >= 11 is 3.30. The van der Waals surface area contributed by atoms with Gasteiger partial charge in [0, 0.05) is 26.1 Å². The maximum atomic E-state index is 12.0. The molecule has 0 unspecified atom stereocenters. The first-order valence-corrected chi connectivity index (χ1v) is 7.58. The summed E-state index contributed by atoms with van der Waals surface area (Å²) in [7, 11) is 1.55. The standard InChI is InChI=1S/C13H19BrN4O2/c1-20-12-10(14)9-16-13(17-12)15-6-5-11(19)18-7-3-2-4-8-18/h9H,2-8H2,1H3,(H,15,16,17). The van der Waals surface area contributed by atoms with E-state index in [0.29, 0.717) is 29.3 Å². The largest absolute Gasteiger partial charge is 0.480 e. The quantitative estimate of drug-likeness (QED) is 0.887. The van der Waals surface area contributed by atoms with E-state index < -0.39 is 0 Å². The molecular formula is C13H19BrN4O2. The fraction of sp³-hybridized carbons (Fsp3) is 0.615. The van der Waals surface area contributed by atoms with Crippen molar-refractivity contribution in [2.45, 2.75) is 25.7 Å². The van der Waals surface area contributed by atoms with Crippen LogP contribution in [0.15, 0.2) is 10.7 Å². The minimum Gasteiger partial charge on any atom is -0.480 e. The molecule has 0 atom stereocenters. The Morgan fingerprint density at radius 1 is 1.45 bits per heavy atom. The van der Waals surface area contributed by atoms with Crippen LogP contribution in [0.2, 0.25) is 0 Å². The maximum absolute atomic E-state index is 12.0. The summed E-state index contributed by atoms with van der Waals surface area (Å²) in [5, 5.41) is 3.05. The lowest BCUT2D eigenvalue weighted by Gasteiger charge is -2.26. The molecular weight excluding hydrogens is 324 g/mol. The summed E-state index contributed by atoms with van der Waals surface area (Å²) < 4.78 is 5.80. The number of nitrogens with one attached hydrogen (secondary N) is 1. The number of halogens is 1. The number of carbonyl (C=O) groups excluding carboxylic acids is 1. The van der Waals surface area contributed by atoms with Gasteiger partial charge in [-0.3, -0.25) is 4.79 Å². The predicted octanol–water partition coefficient (Wildman–Crippen LogP) is 2.06. The van der Waals surface area contributed by atoms with Crippen LogP contribution in [-0.4, -0.2) is 47.5 Å². The summed E-state index contributed by atoms with van der Waals surface area (Å²) in [5.74, 6) is 1.14. The normalized spacial score (nSPS) is 15.0. The Morgan fingerprint density at radius 2 is 2.20 bits per heavy atom. The van der Waals surface area contributed by atoms with Gasteiger partial charge in [0.2, 0.25) is 17.7 Å². The second-order valence-corrected chi connectivity index (χ2v) is 5.52. The van der Waals surface area contributed by atoms with Crippen LogP contribution in [0.25, 0.3) is 0 Å². The van der Waals surface area contributed by atoms with Crippen LogP contribution in [0.1, 0.15) is 25.7 Å². The van der Waals surface area contributed by atoms with Crippen molar-refractivity contribution < 1.29 is 9.53 Å². The second-order valence-electron chi connectivity index (χ2n) is 4.67. The van der Waals surface area contributed by atoms with Crippen molar-refractivity contribution in [3.8, 4) is 5.88 Å². The molecule has 0 aliphatic carbocycles. The van der Waals surface area contributed by atoms with Crippen molar-refractivity contribution in [1.82, 2.24) is 14.9 Å². The van der Waals surface area contributed by atoms with Crippen LogP contribution < -0.4 is 10.1 Å². The summed E-state index contributed by atoms with van der Waals surface area (Å²) in [5.41, 5.74) is 0. The highest BCUT2D eigenvalue weighted by Gasteiger charge is 2.15. The average Bonchev–Trinajstić information content (AvgIpc) is 2.49. The van der Waals surface area contributed by atoms with Gasteiger partial charge < -0.3 is 15.0 Å². The molecule has 1 fully saturated rings. The fourth-order valence-corrected chi connectivity index (χ4v) is 2.52. The maximum Gasteiger partial charge on any atom is 0.232 e. The molecule has 1 amide bonds. The molecule has 7 heteroatoms. The highest BCUT2D eigenvalue weighted by Crippen LogP contribution is 2.21. The van der Waals surface area contributed by atoms with Crippen LogP contribution in [-0.2, 0) is 4.79 Å². The highest BCUT2D eigenvalue weighted by atomic mass is 79.9. The molecule has 0 radical (unpaired) electrons. The van der Waals surface area contributed by atoms with Gasteiger partial charge in [-0.15, -0.1) is 0 Å². The number of nitrogens with zero attached hydrogens (tertiary/aromatic N) is 3. The Kier molecular flexibility index (Phi) is 5.58. The molecule has 1 aromatic rings. The van der Waals surface area contributed by atoms with Gasteiger partial charge in [0.15, 0.2) is 0 Å². The topological polar surface area (TPSA) is 67.3 Å². The van der Waals surface area contributed by atoms with E-state index in [9.17, 15) is 4.79 Å². The van der Waals surface area contributed by atoms with Gasteiger partial charge in [0.05, 0.1) is 17.8 Å². The summed E-state index contributed by atoms with van der Waals surface area (Å²) in [6, 6.07) is 0. The number of ether oxygens (including phenoxy) is 1. The van der Waals surface area contributed by atoms with E-state index in [1.165, 1.54) is 6.42 Å². The first-order valence-electron chi connectivity index (χ1n) is 6.79. The molecule has 110 valence electrons. The van der Waals surface area contributed by atoms with Gasteiger partial charge in [-0.2, -0.15) is 4.98 Å². The van der Waals surface area contributed by atoms with Crippen molar-refractivity contribution >= 4 is 27.8 Å². The molecule has 20 heavy (non-hydrogen) atoms. The Labute approximate surface area is 127 Å². The number of anilines is 1. The molecule has 1 aromatic heterocycles. The number of hydrogen-bond donors (Lipinski definition) is 1. The van der Waals surface area contributed by atoms with Gasteiger partial charge in [0.1, 0.15) is 0 Å². The summed E-state index contributed by atoms with van der Waals surface area (Å²) in [6.07, 6.45) is 5.55. The second kappa shape index (κ2) is 7.42. The van der Waals surface area contributed by atoms with E-state index in [4.69, 9.17) is 4.74 Å². The van der Waals surface area contributed by atoms with Gasteiger partial charge in [0.25, 0.3) is 0 Å². The Morgan fingerprint density at radius 3 is 2.90 bits per heavy atom. The molecule has 2 rings (SSSR count). The van der Waals surface area contributed by atoms with Gasteiger partial charge in [-0.05, 0) is 35.2 Å². The van der Waals surface area contributed by atoms with Crippen LogP contribution in [0.5, 0.6) is 5.88 Å². The van der Waals surface area contributed by atoms with Crippen molar-refractivity contribution in [3.05, 3.63) is 10.7 Å². The minimum absolute atomic E-state index is 0.196. The third-order valence-corrected chi connectivity index (χ3v) is 3.78. The highest BCUT2D eigenvalue weighted by molar-refractivity contribution is 9.10. The number of methoxy groups -OCH3 is 1. The minimum atomic E-state index is 0.196. The van der Waals surface area contributed by atoms with Crippen molar-refractivity contribution in [1.29, 1.82) is 0 Å². The predicted molar refractivity (Wildman–Crippen MR) is 79.8 cm³/mol. The summed E-state index contributed by atoms with van der Waals surface area (Å²) in [6.45, 7) is 2.31. The number of aromatic nitrogens is 2. The van der Waals surface area contributed by atoms with Gasteiger partial charge in [-0.1, -0.05) is 0 Å². The van der Waals surface area contributed by atoms with Crippen LogP contribution in [0.3, 0.4) is 0 Å². The molecule has 6 nitrogen and oxygen atoms in total. The van der Waals surface area contributed by atoms with E-state index >= 15 is 0 Å². The zero-order valence-corrected chi connectivity index (χ0v) is 13.1. The number of hydrogen-bond acceptors (Lipinski definition) is 5. The number of piperidine rings is 1. The number of amides is 1. The van der Waals surface area contributed by atoms with Crippen LogP contribution in [0, 0.1) is 0 Å². The molecule has 0 spiro atoms. The lowest BCUT2D eigenvalue weighted by Crippen LogP contribution is -2.36. The Bertz CT molecular complexity index is 464. The molecule has 1 saturated heterocycles. The van der Waals surface area contributed by atoms with E-state index in [2.05, 4.69) is 31.2 Å². The third-order valence-electron chi connectivity index (χ3n) is 3.24. The van der Waals surface area contributed by atoms with Crippen LogP contribution >= 0.6 is 15.9 Å². The van der Waals surface area contributed by atoms with Crippen molar-refractivity contribution in [2.24, 2.45) is 0 Å². The molecule has 0 saturated carbocycles. The van der Waals surface area contributed by atoms with Crippen molar-refractivity contribution in [2.75, 3.05) is 32.1 Å².